The van der Waals surface area contributed by atoms with Gasteiger partial charge in [0.05, 0.1) is 0 Å². The van der Waals surface area contributed by atoms with Crippen molar-refractivity contribution in [3.63, 3.8) is 0 Å². The molecule has 0 saturated heterocycles. The van der Waals surface area contributed by atoms with E-state index in [9.17, 15) is 9.90 Å². The molecule has 2 N–H and O–H groups in total. The summed E-state index contributed by atoms with van der Waals surface area (Å²) in [6.45, 7) is 12.2. The SMILES string of the molecule is CCCN(CC)CC(C)(NC(C)C)C(=O)O. The quantitative estimate of drug-likeness (QED) is 0.664. The van der Waals surface area contributed by atoms with Gasteiger partial charge in [-0.05, 0) is 40.3 Å². The van der Waals surface area contributed by atoms with Gasteiger partial charge < -0.3 is 10.0 Å². The van der Waals surface area contributed by atoms with E-state index < -0.39 is 11.5 Å². The number of nitrogens with one attached hydrogen (secondary N) is 1. The topological polar surface area (TPSA) is 52.6 Å². The van der Waals surface area contributed by atoms with Crippen LogP contribution < -0.4 is 5.32 Å². The Morgan fingerprint density at radius 1 is 1.44 bits per heavy atom. The van der Waals surface area contributed by atoms with E-state index in [0.29, 0.717) is 6.54 Å². The predicted octanol–water partition coefficient (Wildman–Crippen LogP) is 1.56. The Bertz CT molecular complexity index is 219. The van der Waals surface area contributed by atoms with Crippen LogP contribution in [0.4, 0.5) is 0 Å². The lowest BCUT2D eigenvalue weighted by Crippen LogP contribution is -2.59. The largest absolute Gasteiger partial charge is 0.480 e. The molecule has 1 unspecified atom stereocenters. The van der Waals surface area contributed by atoms with E-state index in [1.54, 1.807) is 6.92 Å². The van der Waals surface area contributed by atoms with Gasteiger partial charge in [-0.3, -0.25) is 10.1 Å². The lowest BCUT2D eigenvalue weighted by Gasteiger charge is -2.34. The lowest BCUT2D eigenvalue weighted by molar-refractivity contribution is -0.145. The number of carboxylic acid groups (broad SMARTS) is 1. The summed E-state index contributed by atoms with van der Waals surface area (Å²) < 4.78 is 0. The van der Waals surface area contributed by atoms with E-state index in [4.69, 9.17) is 0 Å². The van der Waals surface area contributed by atoms with Crippen LogP contribution in [0.5, 0.6) is 0 Å². The van der Waals surface area contributed by atoms with Gasteiger partial charge in [0, 0.05) is 12.6 Å². The molecule has 0 saturated carbocycles. The van der Waals surface area contributed by atoms with Crippen LogP contribution in [0.1, 0.15) is 41.0 Å². The Hall–Kier alpha value is -0.610. The molecule has 96 valence electrons. The number of carbonyl (C=O) groups is 1. The van der Waals surface area contributed by atoms with Crippen LogP contribution in [0.3, 0.4) is 0 Å². The molecule has 0 rings (SSSR count). The number of hydrogen-bond acceptors (Lipinski definition) is 3. The first-order valence-electron chi connectivity index (χ1n) is 6.09. The normalized spacial score (nSPS) is 15.4. The van der Waals surface area contributed by atoms with Gasteiger partial charge in [-0.15, -0.1) is 0 Å². The van der Waals surface area contributed by atoms with Gasteiger partial charge in [0.25, 0.3) is 0 Å². The third kappa shape index (κ3) is 4.94. The molecular formula is C12H26N2O2. The molecule has 1 atom stereocenters. The third-order valence-corrected chi connectivity index (χ3v) is 2.61. The first-order valence-corrected chi connectivity index (χ1v) is 6.09. The van der Waals surface area contributed by atoms with Crippen molar-refractivity contribution in [3.05, 3.63) is 0 Å². The summed E-state index contributed by atoms with van der Waals surface area (Å²) in [6, 6.07) is 0.168. The fraction of sp³-hybridized carbons (Fsp3) is 0.917. The zero-order valence-electron chi connectivity index (χ0n) is 11.2. The van der Waals surface area contributed by atoms with Gasteiger partial charge in [0.1, 0.15) is 5.54 Å². The summed E-state index contributed by atoms with van der Waals surface area (Å²) in [7, 11) is 0. The highest BCUT2D eigenvalue weighted by molar-refractivity contribution is 5.78. The molecular weight excluding hydrogens is 204 g/mol. The van der Waals surface area contributed by atoms with Crippen molar-refractivity contribution in [2.45, 2.75) is 52.6 Å². The molecule has 0 heterocycles. The summed E-state index contributed by atoms with van der Waals surface area (Å²) in [4.78, 5) is 13.5. The minimum atomic E-state index is -0.862. The molecule has 0 amide bonds. The standard InChI is InChI=1S/C12H26N2O2/c1-6-8-14(7-2)9-12(5,11(15)16)13-10(3)4/h10,13H,6-9H2,1-5H3,(H,15,16). The van der Waals surface area contributed by atoms with Crippen molar-refractivity contribution < 1.29 is 9.90 Å². The smallest absolute Gasteiger partial charge is 0.324 e. The monoisotopic (exact) mass is 230 g/mol. The Morgan fingerprint density at radius 3 is 2.31 bits per heavy atom. The van der Waals surface area contributed by atoms with Crippen molar-refractivity contribution in [1.82, 2.24) is 10.2 Å². The van der Waals surface area contributed by atoms with Gasteiger partial charge in [-0.1, -0.05) is 13.8 Å². The van der Waals surface area contributed by atoms with Gasteiger partial charge in [-0.25, -0.2) is 0 Å². The Balaban J connectivity index is 4.58. The molecule has 0 aliphatic rings. The highest BCUT2D eigenvalue weighted by Crippen LogP contribution is 2.09. The van der Waals surface area contributed by atoms with Crippen LogP contribution in [0.2, 0.25) is 0 Å². The van der Waals surface area contributed by atoms with Crippen LogP contribution in [0, 0.1) is 0 Å². The number of rotatable bonds is 8. The molecule has 0 aliphatic carbocycles. The number of aliphatic carboxylic acids is 1. The predicted molar refractivity (Wildman–Crippen MR) is 66.7 cm³/mol. The maximum atomic E-state index is 11.3. The van der Waals surface area contributed by atoms with Crippen LogP contribution in [0.15, 0.2) is 0 Å². The molecule has 4 nitrogen and oxygen atoms in total. The van der Waals surface area contributed by atoms with Gasteiger partial charge in [0.15, 0.2) is 0 Å². The zero-order valence-corrected chi connectivity index (χ0v) is 11.2. The van der Waals surface area contributed by atoms with E-state index in [1.807, 2.05) is 13.8 Å². The number of likely N-dealkylation sites (N-methyl/N-ethyl adjacent to an activating group) is 1. The van der Waals surface area contributed by atoms with Crippen molar-refractivity contribution >= 4 is 5.97 Å². The summed E-state index contributed by atoms with van der Waals surface area (Å²) in [6.07, 6.45) is 1.05. The number of hydrogen-bond donors (Lipinski definition) is 2. The van der Waals surface area contributed by atoms with E-state index in [0.717, 1.165) is 19.5 Å². The van der Waals surface area contributed by atoms with Crippen LogP contribution in [-0.2, 0) is 4.79 Å². The van der Waals surface area contributed by atoms with Crippen LogP contribution >= 0.6 is 0 Å². The second-order valence-corrected chi connectivity index (χ2v) is 4.81. The van der Waals surface area contributed by atoms with E-state index in [1.165, 1.54) is 0 Å². The molecule has 0 fully saturated rings. The second-order valence-electron chi connectivity index (χ2n) is 4.81. The fourth-order valence-corrected chi connectivity index (χ4v) is 1.92. The number of nitrogens with zero attached hydrogens (tertiary/aromatic N) is 1. The Kier molecular flexibility index (Phi) is 6.60. The zero-order chi connectivity index (χ0) is 12.8. The van der Waals surface area contributed by atoms with Gasteiger partial charge in [0.2, 0.25) is 0 Å². The van der Waals surface area contributed by atoms with Crippen molar-refractivity contribution in [1.29, 1.82) is 0 Å². The molecule has 0 aromatic carbocycles. The first kappa shape index (κ1) is 15.4. The van der Waals surface area contributed by atoms with Crippen LogP contribution in [0.25, 0.3) is 0 Å². The summed E-state index contributed by atoms with van der Waals surface area (Å²) in [5, 5.41) is 12.4. The van der Waals surface area contributed by atoms with Crippen molar-refractivity contribution in [2.75, 3.05) is 19.6 Å². The van der Waals surface area contributed by atoms with Gasteiger partial charge in [-0.2, -0.15) is 0 Å². The molecule has 0 aliphatic heterocycles. The fourth-order valence-electron chi connectivity index (χ4n) is 1.92. The van der Waals surface area contributed by atoms with Crippen molar-refractivity contribution in [3.8, 4) is 0 Å². The minimum Gasteiger partial charge on any atom is -0.480 e. The molecule has 16 heavy (non-hydrogen) atoms. The lowest BCUT2D eigenvalue weighted by atomic mass is 10.0. The maximum absolute atomic E-state index is 11.3. The molecule has 0 spiro atoms. The van der Waals surface area contributed by atoms with Crippen molar-refractivity contribution in [2.24, 2.45) is 0 Å². The average molecular weight is 230 g/mol. The first-order chi connectivity index (χ1) is 7.35. The molecule has 0 aromatic rings. The average Bonchev–Trinajstić information content (AvgIpc) is 2.15. The summed E-state index contributed by atoms with van der Waals surface area (Å²) in [5.41, 5.74) is -0.862. The maximum Gasteiger partial charge on any atom is 0.324 e. The minimum absolute atomic E-state index is 0.168. The number of carboxylic acids is 1. The molecule has 4 heteroatoms. The van der Waals surface area contributed by atoms with E-state index in [2.05, 4.69) is 24.1 Å². The molecule has 0 radical (unpaired) electrons. The second kappa shape index (κ2) is 6.86. The summed E-state index contributed by atoms with van der Waals surface area (Å²) in [5.74, 6) is -0.782. The highest BCUT2D eigenvalue weighted by atomic mass is 16.4. The Labute approximate surface area is 99.0 Å². The Morgan fingerprint density at radius 2 is 2.00 bits per heavy atom. The third-order valence-electron chi connectivity index (χ3n) is 2.61. The van der Waals surface area contributed by atoms with E-state index >= 15 is 0 Å². The van der Waals surface area contributed by atoms with Gasteiger partial charge >= 0.3 is 5.97 Å². The molecule has 0 aromatic heterocycles. The summed E-state index contributed by atoms with van der Waals surface area (Å²) >= 11 is 0. The van der Waals surface area contributed by atoms with Crippen LogP contribution in [-0.4, -0.2) is 47.2 Å². The highest BCUT2D eigenvalue weighted by Gasteiger charge is 2.34. The molecule has 0 bridgehead atoms. The van der Waals surface area contributed by atoms with E-state index in [-0.39, 0.29) is 6.04 Å².